The number of aromatic nitrogens is 1. The van der Waals surface area contributed by atoms with Crippen LogP contribution >= 0.6 is 11.3 Å². The normalized spacial score (nSPS) is 11.7. The van der Waals surface area contributed by atoms with Gasteiger partial charge in [-0.25, -0.2) is 22.9 Å². The first-order valence-corrected chi connectivity index (χ1v) is 10.5. The average Bonchev–Trinajstić information content (AvgIpc) is 2.95. The van der Waals surface area contributed by atoms with E-state index >= 15 is 0 Å². The van der Waals surface area contributed by atoms with Crippen LogP contribution in [0.5, 0.6) is 5.75 Å². The number of hydrogen-bond donors (Lipinski definition) is 1. The third-order valence-corrected chi connectivity index (χ3v) is 6.18. The molecule has 9 heteroatoms. The van der Waals surface area contributed by atoms with Crippen molar-refractivity contribution in [2.75, 3.05) is 13.7 Å². The maximum atomic E-state index is 12.3. The van der Waals surface area contributed by atoms with Gasteiger partial charge in [-0.1, -0.05) is 13.0 Å². The van der Waals surface area contributed by atoms with Crippen LogP contribution in [0.15, 0.2) is 29.2 Å². The SMILES string of the molecule is CCNS(=O)(=O)c1cc(C=CC(=O)OCc2sc(C)nc2C)ccc1OC. The van der Waals surface area contributed by atoms with E-state index < -0.39 is 16.0 Å². The minimum absolute atomic E-state index is 0.0122. The van der Waals surface area contributed by atoms with Crippen LogP contribution in [0.25, 0.3) is 6.08 Å². The van der Waals surface area contributed by atoms with E-state index in [2.05, 4.69) is 9.71 Å². The summed E-state index contributed by atoms with van der Waals surface area (Å²) >= 11 is 1.48. The van der Waals surface area contributed by atoms with Gasteiger partial charge in [0.2, 0.25) is 10.0 Å². The van der Waals surface area contributed by atoms with Crippen molar-refractivity contribution in [3.8, 4) is 5.75 Å². The van der Waals surface area contributed by atoms with Crippen molar-refractivity contribution in [2.24, 2.45) is 0 Å². The minimum Gasteiger partial charge on any atom is -0.495 e. The number of methoxy groups -OCH3 is 1. The van der Waals surface area contributed by atoms with Crippen molar-refractivity contribution < 1.29 is 22.7 Å². The van der Waals surface area contributed by atoms with Crippen molar-refractivity contribution in [3.63, 3.8) is 0 Å². The zero-order chi connectivity index (χ0) is 20.0. The predicted molar refractivity (Wildman–Crippen MR) is 104 cm³/mol. The van der Waals surface area contributed by atoms with Gasteiger partial charge in [-0.15, -0.1) is 11.3 Å². The zero-order valence-electron chi connectivity index (χ0n) is 15.6. The van der Waals surface area contributed by atoms with Crippen LogP contribution in [0.2, 0.25) is 0 Å². The second-order valence-electron chi connectivity index (χ2n) is 5.59. The van der Waals surface area contributed by atoms with E-state index in [0.29, 0.717) is 5.56 Å². The lowest BCUT2D eigenvalue weighted by atomic mass is 10.2. The topological polar surface area (TPSA) is 94.6 Å². The van der Waals surface area contributed by atoms with Gasteiger partial charge >= 0.3 is 5.97 Å². The highest BCUT2D eigenvalue weighted by Crippen LogP contribution is 2.25. The molecule has 7 nitrogen and oxygen atoms in total. The molecule has 2 rings (SSSR count). The van der Waals surface area contributed by atoms with Crippen LogP contribution in [0.1, 0.15) is 28.1 Å². The lowest BCUT2D eigenvalue weighted by molar-refractivity contribution is -0.138. The number of esters is 1. The number of hydrogen-bond acceptors (Lipinski definition) is 7. The fraction of sp³-hybridized carbons (Fsp3) is 0.333. The van der Waals surface area contributed by atoms with Crippen molar-refractivity contribution in [1.29, 1.82) is 0 Å². The number of nitrogens with one attached hydrogen (secondary N) is 1. The minimum atomic E-state index is -3.69. The number of rotatable bonds is 8. The van der Waals surface area contributed by atoms with Crippen molar-refractivity contribution in [1.82, 2.24) is 9.71 Å². The first kappa shape index (κ1) is 21.1. The van der Waals surface area contributed by atoms with Gasteiger partial charge in [0.15, 0.2) is 0 Å². The molecule has 1 aromatic heterocycles. The first-order chi connectivity index (χ1) is 12.8. The third-order valence-electron chi connectivity index (χ3n) is 3.57. The number of nitrogens with zero attached hydrogens (tertiary/aromatic N) is 1. The molecule has 0 unspecified atom stereocenters. The number of thiazole rings is 1. The number of ether oxygens (including phenoxy) is 2. The first-order valence-electron chi connectivity index (χ1n) is 8.22. The lowest BCUT2D eigenvalue weighted by Gasteiger charge is -2.10. The quantitative estimate of drug-likeness (QED) is 0.531. The van der Waals surface area contributed by atoms with E-state index in [1.165, 1.54) is 36.7 Å². The van der Waals surface area contributed by atoms with E-state index in [-0.39, 0.29) is 23.8 Å². The largest absolute Gasteiger partial charge is 0.495 e. The summed E-state index contributed by atoms with van der Waals surface area (Å²) in [7, 11) is -2.29. The van der Waals surface area contributed by atoms with Gasteiger partial charge in [-0.3, -0.25) is 0 Å². The van der Waals surface area contributed by atoms with Crippen LogP contribution < -0.4 is 9.46 Å². The Morgan fingerprint density at radius 2 is 2.07 bits per heavy atom. The van der Waals surface area contributed by atoms with Gasteiger partial charge in [-0.05, 0) is 37.6 Å². The van der Waals surface area contributed by atoms with E-state index in [4.69, 9.17) is 9.47 Å². The van der Waals surface area contributed by atoms with Crippen molar-refractivity contribution in [3.05, 3.63) is 45.4 Å². The molecule has 0 atom stereocenters. The molecule has 0 radical (unpaired) electrons. The summed E-state index contributed by atoms with van der Waals surface area (Å²) in [4.78, 5) is 17.1. The molecule has 0 saturated heterocycles. The zero-order valence-corrected chi connectivity index (χ0v) is 17.2. The van der Waals surface area contributed by atoms with Gasteiger partial charge in [0.05, 0.1) is 22.7 Å². The summed E-state index contributed by atoms with van der Waals surface area (Å²) in [6.45, 7) is 5.87. The maximum absolute atomic E-state index is 12.3. The Morgan fingerprint density at radius 1 is 1.33 bits per heavy atom. The average molecular weight is 411 g/mol. The van der Waals surface area contributed by atoms with Gasteiger partial charge in [-0.2, -0.15) is 0 Å². The van der Waals surface area contributed by atoms with Crippen LogP contribution in [-0.2, 0) is 26.2 Å². The summed E-state index contributed by atoms with van der Waals surface area (Å²) in [5, 5.41) is 0.918. The molecule has 0 spiro atoms. The standard InChI is InChI=1S/C18H22N2O5S2/c1-5-19-27(22,23)17-10-14(6-8-15(17)24-4)7-9-18(21)25-11-16-12(2)20-13(3)26-16/h6-10,19H,5,11H2,1-4H3. The molecule has 0 bridgehead atoms. The second kappa shape index (κ2) is 9.12. The smallest absolute Gasteiger partial charge is 0.331 e. The molecule has 0 aliphatic heterocycles. The number of benzene rings is 1. The van der Waals surface area contributed by atoms with Gasteiger partial charge in [0.1, 0.15) is 17.3 Å². The third kappa shape index (κ3) is 5.62. The molecule has 27 heavy (non-hydrogen) atoms. The second-order valence-corrected chi connectivity index (χ2v) is 8.62. The number of sulfonamides is 1. The van der Waals surface area contributed by atoms with E-state index in [1.807, 2.05) is 13.8 Å². The highest BCUT2D eigenvalue weighted by Gasteiger charge is 2.18. The van der Waals surface area contributed by atoms with Crippen molar-refractivity contribution >= 4 is 33.4 Å². The van der Waals surface area contributed by atoms with E-state index in [1.54, 1.807) is 19.1 Å². The fourth-order valence-corrected chi connectivity index (χ4v) is 4.42. The van der Waals surface area contributed by atoms with E-state index in [0.717, 1.165) is 15.6 Å². The number of carbonyl (C=O) groups is 1. The molecule has 2 aromatic rings. The molecule has 1 N–H and O–H groups in total. The van der Waals surface area contributed by atoms with Crippen LogP contribution in [0.4, 0.5) is 0 Å². The Morgan fingerprint density at radius 3 is 2.67 bits per heavy atom. The molecule has 0 saturated carbocycles. The van der Waals surface area contributed by atoms with Crippen LogP contribution in [0, 0.1) is 13.8 Å². The van der Waals surface area contributed by atoms with Gasteiger partial charge < -0.3 is 9.47 Å². The molecular formula is C18H22N2O5S2. The maximum Gasteiger partial charge on any atom is 0.331 e. The molecule has 0 aliphatic rings. The highest BCUT2D eigenvalue weighted by atomic mass is 32.2. The molecule has 0 fully saturated rings. The molecule has 1 heterocycles. The molecule has 0 amide bonds. The van der Waals surface area contributed by atoms with Crippen LogP contribution in [0.3, 0.4) is 0 Å². The Balaban J connectivity index is 2.11. The summed E-state index contributed by atoms with van der Waals surface area (Å²) in [6, 6.07) is 4.64. The monoisotopic (exact) mass is 410 g/mol. The summed E-state index contributed by atoms with van der Waals surface area (Å²) in [5.74, 6) is -0.293. The van der Waals surface area contributed by atoms with Crippen molar-refractivity contribution in [2.45, 2.75) is 32.3 Å². The Labute approximate surface area is 163 Å². The number of aryl methyl sites for hydroxylation is 2. The summed E-state index contributed by atoms with van der Waals surface area (Å²) in [5.41, 5.74) is 1.39. The molecular weight excluding hydrogens is 388 g/mol. The molecule has 1 aromatic carbocycles. The predicted octanol–water partition coefficient (Wildman–Crippen LogP) is 2.82. The number of carbonyl (C=O) groups excluding carboxylic acids is 1. The highest BCUT2D eigenvalue weighted by molar-refractivity contribution is 7.89. The molecule has 0 aliphatic carbocycles. The summed E-state index contributed by atoms with van der Waals surface area (Å²) in [6.07, 6.45) is 2.76. The van der Waals surface area contributed by atoms with E-state index in [9.17, 15) is 13.2 Å². The van der Waals surface area contributed by atoms with Gasteiger partial charge in [0.25, 0.3) is 0 Å². The van der Waals surface area contributed by atoms with Gasteiger partial charge in [0, 0.05) is 12.6 Å². The van der Waals surface area contributed by atoms with Crippen LogP contribution in [-0.4, -0.2) is 33.0 Å². The lowest BCUT2D eigenvalue weighted by Crippen LogP contribution is -2.23. The molecule has 146 valence electrons. The Kier molecular flexibility index (Phi) is 7.11. The Bertz CT molecular complexity index is 949. The fourth-order valence-electron chi connectivity index (χ4n) is 2.33. The Hall–Kier alpha value is -2.23. The summed E-state index contributed by atoms with van der Waals surface area (Å²) < 4.78 is 37.3.